The second-order valence-electron chi connectivity index (χ2n) is 6.45. The van der Waals surface area contributed by atoms with Crippen LogP contribution in [0.3, 0.4) is 0 Å². The summed E-state index contributed by atoms with van der Waals surface area (Å²) in [5.74, 6) is 1.01. The molecule has 2 aliphatic heterocycles. The first-order chi connectivity index (χ1) is 11.7. The lowest BCUT2D eigenvalue weighted by Gasteiger charge is -2.37. The Morgan fingerprint density at radius 1 is 1.15 bits per heavy atom. The molecule has 2 heterocycles. The maximum atomic E-state index is 12.5. The zero-order chi connectivity index (χ0) is 16.8. The van der Waals surface area contributed by atoms with Crippen molar-refractivity contribution >= 4 is 42.3 Å². The zero-order valence-electron chi connectivity index (χ0n) is 14.9. The number of ether oxygens (including phenoxy) is 1. The van der Waals surface area contributed by atoms with E-state index in [1.54, 1.807) is 0 Å². The van der Waals surface area contributed by atoms with Crippen LogP contribution < -0.4 is 10.1 Å². The number of benzene rings is 1. The number of piperidine rings is 1. The Hall–Kier alpha value is -0.720. The highest BCUT2D eigenvalue weighted by Gasteiger charge is 2.28. The molecule has 0 radical (unpaired) electrons. The smallest absolute Gasteiger partial charge is 0.239 e. The zero-order valence-corrected chi connectivity index (χ0v) is 17.3. The first kappa shape index (κ1) is 23.3. The Morgan fingerprint density at radius 3 is 2.54 bits per heavy atom. The number of rotatable bonds is 5. The van der Waals surface area contributed by atoms with Crippen LogP contribution in [0.2, 0.25) is 5.02 Å². The monoisotopic (exact) mass is 423 g/mol. The summed E-state index contributed by atoms with van der Waals surface area (Å²) in [6.45, 7) is 5.87. The van der Waals surface area contributed by atoms with Crippen LogP contribution in [0, 0.1) is 0 Å². The minimum atomic E-state index is 0. The van der Waals surface area contributed by atoms with E-state index in [9.17, 15) is 4.79 Å². The fourth-order valence-electron chi connectivity index (χ4n) is 3.32. The number of piperazine rings is 1. The average molecular weight is 425 g/mol. The molecule has 1 atom stereocenters. The molecular weight excluding hydrogens is 397 g/mol. The summed E-state index contributed by atoms with van der Waals surface area (Å²) in [5.41, 5.74) is 0. The third-order valence-corrected chi connectivity index (χ3v) is 5.11. The molecule has 26 heavy (non-hydrogen) atoms. The molecule has 0 saturated carbocycles. The van der Waals surface area contributed by atoms with Gasteiger partial charge in [0.15, 0.2) is 0 Å². The van der Waals surface area contributed by atoms with Gasteiger partial charge in [0.05, 0.1) is 11.1 Å². The van der Waals surface area contributed by atoms with Gasteiger partial charge in [0, 0.05) is 32.7 Å². The summed E-state index contributed by atoms with van der Waals surface area (Å²) >= 11 is 6.08. The van der Waals surface area contributed by atoms with Gasteiger partial charge in [-0.3, -0.25) is 9.69 Å². The molecule has 2 saturated heterocycles. The normalized spacial score (nSPS) is 20.7. The van der Waals surface area contributed by atoms with E-state index in [0.29, 0.717) is 11.6 Å². The standard InChI is InChI=1S/C18H26ClN3O2.2ClH/c19-15-5-1-2-7-17(15)24-14-13-21-9-11-22(12-10-21)18(23)16-6-3-4-8-20-16;;/h1-2,5,7,16,20H,3-4,6,8-14H2;2*1H/t16-;;/m1../s1. The molecule has 0 bridgehead atoms. The van der Waals surface area contributed by atoms with Gasteiger partial charge in [-0.25, -0.2) is 0 Å². The topological polar surface area (TPSA) is 44.8 Å². The van der Waals surface area contributed by atoms with Crippen LogP contribution in [0.4, 0.5) is 0 Å². The van der Waals surface area contributed by atoms with Crippen LogP contribution in [0.15, 0.2) is 24.3 Å². The van der Waals surface area contributed by atoms with Crippen LogP contribution in [-0.4, -0.2) is 67.6 Å². The van der Waals surface area contributed by atoms with Crippen LogP contribution in [0.25, 0.3) is 0 Å². The molecule has 1 N–H and O–H groups in total. The second kappa shape index (κ2) is 11.9. The van der Waals surface area contributed by atoms with E-state index in [4.69, 9.17) is 16.3 Å². The maximum absolute atomic E-state index is 12.5. The van der Waals surface area contributed by atoms with Crippen molar-refractivity contribution in [3.05, 3.63) is 29.3 Å². The van der Waals surface area contributed by atoms with E-state index in [-0.39, 0.29) is 36.8 Å². The summed E-state index contributed by atoms with van der Waals surface area (Å²) in [7, 11) is 0. The van der Waals surface area contributed by atoms with Crippen LogP contribution in [0.1, 0.15) is 19.3 Å². The molecule has 0 spiro atoms. The average Bonchev–Trinajstić information content (AvgIpc) is 2.64. The Balaban J connectivity index is 0.00000169. The number of hydrogen-bond acceptors (Lipinski definition) is 4. The lowest BCUT2D eigenvalue weighted by atomic mass is 10.0. The van der Waals surface area contributed by atoms with Gasteiger partial charge in [-0.2, -0.15) is 0 Å². The Labute approximate surface area is 173 Å². The first-order valence-electron chi connectivity index (χ1n) is 8.86. The predicted octanol–water partition coefficient (Wildman–Crippen LogP) is 2.85. The number of nitrogens with one attached hydrogen (secondary N) is 1. The van der Waals surface area contributed by atoms with E-state index in [1.165, 1.54) is 6.42 Å². The second-order valence-corrected chi connectivity index (χ2v) is 6.86. The number of hydrogen-bond donors (Lipinski definition) is 1. The molecule has 1 amide bonds. The van der Waals surface area contributed by atoms with Gasteiger partial charge in [0.1, 0.15) is 12.4 Å². The highest BCUT2D eigenvalue weighted by atomic mass is 35.5. The van der Waals surface area contributed by atoms with E-state index >= 15 is 0 Å². The van der Waals surface area contributed by atoms with Crippen molar-refractivity contribution < 1.29 is 9.53 Å². The third kappa shape index (κ3) is 6.46. The largest absolute Gasteiger partial charge is 0.491 e. The molecule has 0 aliphatic carbocycles. The highest BCUT2D eigenvalue weighted by Crippen LogP contribution is 2.23. The van der Waals surface area contributed by atoms with Gasteiger partial charge in [0.25, 0.3) is 0 Å². The number of amides is 1. The molecule has 148 valence electrons. The van der Waals surface area contributed by atoms with Gasteiger partial charge < -0.3 is 15.0 Å². The van der Waals surface area contributed by atoms with Crippen LogP contribution in [0.5, 0.6) is 5.75 Å². The van der Waals surface area contributed by atoms with Crippen molar-refractivity contribution in [2.75, 3.05) is 45.9 Å². The number of nitrogens with zero attached hydrogens (tertiary/aromatic N) is 2. The van der Waals surface area contributed by atoms with E-state index in [1.807, 2.05) is 29.2 Å². The molecular formula is C18H28Cl3N3O2. The molecule has 8 heteroatoms. The maximum Gasteiger partial charge on any atom is 0.239 e. The molecule has 5 nitrogen and oxygen atoms in total. The predicted molar refractivity (Wildman–Crippen MR) is 110 cm³/mol. The number of carbonyl (C=O) groups is 1. The molecule has 0 unspecified atom stereocenters. The lowest BCUT2D eigenvalue weighted by molar-refractivity contribution is -0.135. The highest BCUT2D eigenvalue weighted by molar-refractivity contribution is 6.32. The molecule has 2 fully saturated rings. The van der Waals surface area contributed by atoms with Crippen molar-refractivity contribution in [2.45, 2.75) is 25.3 Å². The molecule has 0 aromatic heterocycles. The minimum absolute atomic E-state index is 0. The summed E-state index contributed by atoms with van der Waals surface area (Å²) in [4.78, 5) is 16.9. The molecule has 2 aliphatic rings. The van der Waals surface area contributed by atoms with Crippen LogP contribution in [-0.2, 0) is 4.79 Å². The summed E-state index contributed by atoms with van der Waals surface area (Å²) in [6.07, 6.45) is 3.32. The van der Waals surface area contributed by atoms with Crippen molar-refractivity contribution in [1.29, 1.82) is 0 Å². The number of carbonyl (C=O) groups excluding carboxylic acids is 1. The number of halogens is 3. The Kier molecular flexibility index (Phi) is 10.7. The van der Waals surface area contributed by atoms with E-state index < -0.39 is 0 Å². The van der Waals surface area contributed by atoms with Gasteiger partial charge in [0.2, 0.25) is 5.91 Å². The van der Waals surface area contributed by atoms with Crippen LogP contribution >= 0.6 is 36.4 Å². The Morgan fingerprint density at radius 2 is 1.88 bits per heavy atom. The van der Waals surface area contributed by atoms with Gasteiger partial charge >= 0.3 is 0 Å². The lowest BCUT2D eigenvalue weighted by Crippen LogP contribution is -2.55. The van der Waals surface area contributed by atoms with E-state index in [2.05, 4.69) is 10.2 Å². The quantitative estimate of drug-likeness (QED) is 0.789. The fourth-order valence-corrected chi connectivity index (χ4v) is 3.51. The van der Waals surface area contributed by atoms with Crippen molar-refractivity contribution in [3.63, 3.8) is 0 Å². The summed E-state index contributed by atoms with van der Waals surface area (Å²) in [6, 6.07) is 7.57. The fraction of sp³-hybridized carbons (Fsp3) is 0.611. The third-order valence-electron chi connectivity index (χ3n) is 4.79. The Bertz CT molecular complexity index is 548. The molecule has 1 aromatic rings. The molecule has 3 rings (SSSR count). The molecule has 1 aromatic carbocycles. The van der Waals surface area contributed by atoms with Gasteiger partial charge in [-0.15, -0.1) is 24.8 Å². The van der Waals surface area contributed by atoms with Gasteiger partial charge in [-0.05, 0) is 31.5 Å². The first-order valence-corrected chi connectivity index (χ1v) is 9.24. The minimum Gasteiger partial charge on any atom is -0.491 e. The van der Waals surface area contributed by atoms with E-state index in [0.717, 1.165) is 57.9 Å². The number of para-hydroxylation sites is 1. The van der Waals surface area contributed by atoms with Crippen molar-refractivity contribution in [3.8, 4) is 5.75 Å². The summed E-state index contributed by atoms with van der Waals surface area (Å²) in [5, 5.41) is 3.99. The van der Waals surface area contributed by atoms with Gasteiger partial charge in [-0.1, -0.05) is 30.2 Å². The SMILES string of the molecule is Cl.Cl.O=C([C@H]1CCCCN1)N1CCN(CCOc2ccccc2Cl)CC1. The van der Waals surface area contributed by atoms with Crippen molar-refractivity contribution in [1.82, 2.24) is 15.1 Å². The van der Waals surface area contributed by atoms with Crippen molar-refractivity contribution in [2.24, 2.45) is 0 Å². The summed E-state index contributed by atoms with van der Waals surface area (Å²) < 4.78 is 5.74.